The summed E-state index contributed by atoms with van der Waals surface area (Å²) in [6.07, 6.45) is 6.65. The fourth-order valence-corrected chi connectivity index (χ4v) is 13.6. The molecular formula is C29H27I3O2S. The van der Waals surface area contributed by atoms with Crippen LogP contribution in [0.2, 0.25) is 0 Å². The normalized spacial score (nSPS) is 26.3. The van der Waals surface area contributed by atoms with Crippen molar-refractivity contribution in [2.75, 3.05) is 0 Å². The van der Waals surface area contributed by atoms with Crippen LogP contribution in [0.1, 0.15) is 38.5 Å². The van der Waals surface area contributed by atoms with Crippen molar-refractivity contribution in [1.82, 2.24) is 0 Å². The zero-order chi connectivity index (χ0) is 24.6. The molecule has 2 nitrogen and oxygen atoms in total. The minimum absolute atomic E-state index is 0.0644. The van der Waals surface area contributed by atoms with Crippen molar-refractivity contribution >= 4 is 84.6 Å². The summed E-state index contributed by atoms with van der Waals surface area (Å²) < 4.78 is 3.97. The Bertz CT molecular complexity index is 1100. The molecule has 6 heteroatoms. The highest BCUT2D eigenvalue weighted by Gasteiger charge is 2.51. The molecule has 3 aromatic rings. The Labute approximate surface area is 251 Å². The minimum Gasteiger partial charge on any atom is -0.550 e. The van der Waals surface area contributed by atoms with E-state index < -0.39 is 11.4 Å². The highest BCUT2D eigenvalue weighted by atomic mass is 127. The average Bonchev–Trinajstić information content (AvgIpc) is 2.82. The van der Waals surface area contributed by atoms with E-state index in [4.69, 9.17) is 0 Å². The molecule has 182 valence electrons. The zero-order valence-electron chi connectivity index (χ0n) is 19.3. The summed E-state index contributed by atoms with van der Waals surface area (Å²) in [7, 11) is -0.0644. The van der Waals surface area contributed by atoms with Crippen LogP contribution < -0.4 is 5.11 Å². The molecule has 0 amide bonds. The van der Waals surface area contributed by atoms with Gasteiger partial charge in [0.1, 0.15) is 10.9 Å². The van der Waals surface area contributed by atoms with Crippen molar-refractivity contribution in [3.63, 3.8) is 0 Å². The van der Waals surface area contributed by atoms with E-state index in [0.29, 0.717) is 17.8 Å². The van der Waals surface area contributed by atoms with Crippen molar-refractivity contribution in [3.05, 3.63) is 83.5 Å². The van der Waals surface area contributed by atoms with Crippen LogP contribution in [-0.2, 0) is 15.7 Å². The zero-order valence-corrected chi connectivity index (χ0v) is 26.6. The van der Waals surface area contributed by atoms with E-state index in [1.54, 1.807) is 0 Å². The molecule has 0 saturated heterocycles. The average molecular weight is 820 g/mol. The van der Waals surface area contributed by atoms with E-state index in [-0.39, 0.29) is 10.9 Å². The Balaban J connectivity index is 0.000000164. The number of carboxylic acids is 1. The summed E-state index contributed by atoms with van der Waals surface area (Å²) in [6.45, 7) is 0. The minimum atomic E-state index is -0.758. The van der Waals surface area contributed by atoms with Gasteiger partial charge in [0.15, 0.2) is 14.7 Å². The maximum absolute atomic E-state index is 11.1. The molecule has 0 aliphatic heterocycles. The van der Waals surface area contributed by atoms with Gasteiger partial charge < -0.3 is 9.90 Å². The van der Waals surface area contributed by atoms with E-state index in [0.717, 1.165) is 19.3 Å². The number of carbonyl (C=O) groups is 1. The van der Waals surface area contributed by atoms with Gasteiger partial charge in [0.05, 0.1) is 7.14 Å². The SMILES string of the molecule is Ic1cc(I)c([S+](c2ccccc2)c2ccccc2)c(I)c1.O=C([O-])C12CC3CC(CC(C3)C1)C2. The standard InChI is InChI=1S/C18H12I3S.C11H16O2/c19-13-11-16(20)18(17(21)12-13)22(14-7-3-1-4-8-14)15-9-5-2-6-10-15;12-10(13)11-4-7-1-8(5-11)3-9(2-7)6-11/h1-12H;7-9H,1-6H2,(H,12,13)/q+1;/p-1. The molecule has 4 aliphatic rings. The number of carbonyl (C=O) groups excluding carboxylic acids is 1. The molecule has 4 fully saturated rings. The van der Waals surface area contributed by atoms with Crippen LogP contribution in [0.4, 0.5) is 0 Å². The van der Waals surface area contributed by atoms with Gasteiger partial charge >= 0.3 is 0 Å². The van der Waals surface area contributed by atoms with E-state index in [1.165, 1.54) is 44.7 Å². The van der Waals surface area contributed by atoms with Gasteiger partial charge in [0.2, 0.25) is 0 Å². The third kappa shape index (κ3) is 5.74. The first kappa shape index (κ1) is 26.3. The third-order valence-electron chi connectivity index (χ3n) is 7.60. The molecule has 35 heavy (non-hydrogen) atoms. The van der Waals surface area contributed by atoms with Gasteiger partial charge in [-0.15, -0.1) is 0 Å². The lowest BCUT2D eigenvalue weighted by molar-refractivity contribution is -0.327. The summed E-state index contributed by atoms with van der Waals surface area (Å²) in [4.78, 5) is 15.3. The largest absolute Gasteiger partial charge is 0.550 e. The lowest BCUT2D eigenvalue weighted by Gasteiger charge is -2.57. The molecule has 4 saturated carbocycles. The third-order valence-corrected chi connectivity index (χ3v) is 13.0. The Kier molecular flexibility index (Phi) is 8.40. The Hall–Kier alpha value is -0.330. The van der Waals surface area contributed by atoms with Crippen molar-refractivity contribution in [2.45, 2.75) is 53.2 Å². The number of hydrogen-bond acceptors (Lipinski definition) is 2. The maximum Gasteiger partial charge on any atom is 0.193 e. The van der Waals surface area contributed by atoms with Gasteiger partial charge in [0, 0.05) is 15.0 Å². The highest BCUT2D eigenvalue weighted by molar-refractivity contribution is 14.1. The quantitative estimate of drug-likeness (QED) is 0.202. The van der Waals surface area contributed by atoms with Gasteiger partial charge in [-0.2, -0.15) is 0 Å². The molecule has 4 aliphatic carbocycles. The molecule has 0 spiro atoms. The first-order valence-electron chi connectivity index (χ1n) is 12.0. The lowest BCUT2D eigenvalue weighted by Crippen LogP contribution is -2.54. The number of rotatable bonds is 4. The molecule has 7 rings (SSSR count). The van der Waals surface area contributed by atoms with Crippen molar-refractivity contribution in [2.24, 2.45) is 23.2 Å². The molecule has 0 atom stereocenters. The smallest absolute Gasteiger partial charge is 0.193 e. The van der Waals surface area contributed by atoms with Crippen LogP contribution in [0, 0.1) is 33.9 Å². The summed E-state index contributed by atoms with van der Waals surface area (Å²) in [6, 6.07) is 26.2. The number of hydrogen-bond donors (Lipinski definition) is 0. The molecule has 0 heterocycles. The second-order valence-corrected chi connectivity index (χ2v) is 15.6. The van der Waals surface area contributed by atoms with Crippen LogP contribution in [-0.4, -0.2) is 5.97 Å². The summed E-state index contributed by atoms with van der Waals surface area (Å²) in [5.41, 5.74) is -0.394. The first-order valence-corrected chi connectivity index (χ1v) is 16.5. The van der Waals surface area contributed by atoms with E-state index in [2.05, 4.69) is 141 Å². The maximum atomic E-state index is 11.1. The Morgan fingerprint density at radius 3 is 1.51 bits per heavy atom. The van der Waals surface area contributed by atoms with Gasteiger partial charge in [-0.25, -0.2) is 0 Å². The van der Waals surface area contributed by atoms with Gasteiger partial charge in [-0.1, -0.05) is 36.4 Å². The number of aliphatic carboxylic acids is 1. The fourth-order valence-electron chi connectivity index (χ4n) is 6.57. The second-order valence-electron chi connectivity index (χ2n) is 10.1. The first-order chi connectivity index (χ1) is 16.8. The van der Waals surface area contributed by atoms with Crippen LogP contribution in [0.5, 0.6) is 0 Å². The van der Waals surface area contributed by atoms with Gasteiger partial charge in [-0.05, 0) is 160 Å². The summed E-state index contributed by atoms with van der Waals surface area (Å²) >= 11 is 7.35. The highest BCUT2D eigenvalue weighted by Crippen LogP contribution is 2.59. The lowest BCUT2D eigenvalue weighted by atomic mass is 9.49. The molecule has 0 unspecified atom stereocenters. The number of benzene rings is 3. The fraction of sp³-hybridized carbons (Fsp3) is 0.345. The van der Waals surface area contributed by atoms with E-state index in [1.807, 2.05) is 0 Å². The van der Waals surface area contributed by atoms with Gasteiger partial charge in [0.25, 0.3) is 0 Å². The monoisotopic (exact) mass is 820 g/mol. The van der Waals surface area contributed by atoms with E-state index in [9.17, 15) is 9.90 Å². The van der Waals surface area contributed by atoms with Gasteiger partial charge in [-0.3, -0.25) is 0 Å². The van der Waals surface area contributed by atoms with E-state index >= 15 is 0 Å². The second kappa shape index (κ2) is 11.2. The Morgan fingerprint density at radius 2 is 1.14 bits per heavy atom. The number of halogens is 3. The predicted octanol–water partition coefficient (Wildman–Crippen LogP) is 7.55. The molecular weight excluding hydrogens is 793 g/mol. The molecule has 3 aromatic carbocycles. The molecule has 0 N–H and O–H groups in total. The van der Waals surface area contributed by atoms with Crippen molar-refractivity contribution in [1.29, 1.82) is 0 Å². The molecule has 0 radical (unpaired) electrons. The van der Waals surface area contributed by atoms with Crippen LogP contribution in [0.3, 0.4) is 0 Å². The topological polar surface area (TPSA) is 40.1 Å². The molecule has 0 aromatic heterocycles. The van der Waals surface area contributed by atoms with Crippen molar-refractivity contribution in [3.8, 4) is 0 Å². The molecule has 4 bridgehead atoms. The predicted molar refractivity (Wildman–Crippen MR) is 165 cm³/mol. The summed E-state index contributed by atoms with van der Waals surface area (Å²) in [5.74, 6) is 1.38. The van der Waals surface area contributed by atoms with Crippen molar-refractivity contribution < 1.29 is 9.90 Å². The van der Waals surface area contributed by atoms with Crippen LogP contribution in [0.15, 0.2) is 87.5 Å². The van der Waals surface area contributed by atoms with Crippen LogP contribution in [0.25, 0.3) is 0 Å². The Morgan fingerprint density at radius 1 is 0.743 bits per heavy atom. The number of carboxylic acid groups (broad SMARTS) is 1. The van der Waals surface area contributed by atoms with Crippen LogP contribution >= 0.6 is 67.8 Å². The summed E-state index contributed by atoms with van der Waals surface area (Å²) in [5, 5.41) is 11.1.